The van der Waals surface area contributed by atoms with E-state index >= 15 is 0 Å². The molecule has 7 nitrogen and oxygen atoms in total. The van der Waals surface area contributed by atoms with Crippen LogP contribution < -0.4 is 21.1 Å². The molecule has 1 atom stereocenters. The molecule has 4 N–H and O–H groups in total. The highest BCUT2D eigenvalue weighted by Gasteiger charge is 2.26. The molecule has 7 heteroatoms. The van der Waals surface area contributed by atoms with Gasteiger partial charge >= 0.3 is 0 Å². The van der Waals surface area contributed by atoms with Gasteiger partial charge in [0.15, 0.2) is 0 Å². The summed E-state index contributed by atoms with van der Waals surface area (Å²) in [4.78, 5) is 27.0. The van der Waals surface area contributed by atoms with Crippen LogP contribution in [0, 0.1) is 0 Å². The second-order valence-electron chi connectivity index (χ2n) is 4.91. The molecule has 2 heterocycles. The molecule has 1 unspecified atom stereocenters. The number of ether oxygens (including phenoxy) is 1. The lowest BCUT2D eigenvalue weighted by Gasteiger charge is -2.22. The number of hydrogen-bond donors (Lipinski definition) is 3. The number of aromatic nitrogens is 1. The minimum atomic E-state index is -0.476. The largest absolute Gasteiger partial charge is 0.473 e. The van der Waals surface area contributed by atoms with Crippen LogP contribution in [0.4, 0.5) is 11.5 Å². The Labute approximate surface area is 116 Å². The van der Waals surface area contributed by atoms with Crippen LogP contribution >= 0.6 is 0 Å². The summed E-state index contributed by atoms with van der Waals surface area (Å²) in [6, 6.07) is 2.86. The highest BCUT2D eigenvalue weighted by Crippen LogP contribution is 2.23. The highest BCUT2D eigenvalue weighted by atomic mass is 16.5. The van der Waals surface area contributed by atoms with Gasteiger partial charge in [-0.05, 0) is 32.4 Å². The van der Waals surface area contributed by atoms with E-state index in [1.165, 1.54) is 0 Å². The number of piperidine rings is 1. The Balaban J connectivity index is 2.09. The minimum absolute atomic E-state index is 0.0457. The lowest BCUT2D eigenvalue weighted by molar-refractivity contribution is -0.133. The molecule has 1 fully saturated rings. The molecule has 0 radical (unpaired) electrons. The topological polar surface area (TPSA) is 106 Å². The van der Waals surface area contributed by atoms with Crippen LogP contribution in [0.3, 0.4) is 0 Å². The number of nitrogens with one attached hydrogen (secondary N) is 2. The third kappa shape index (κ3) is 3.37. The molecule has 20 heavy (non-hydrogen) atoms. The van der Waals surface area contributed by atoms with E-state index in [4.69, 9.17) is 10.5 Å². The first-order valence-corrected chi connectivity index (χ1v) is 6.49. The smallest absolute Gasteiger partial charge is 0.249 e. The predicted octanol–water partition coefficient (Wildman–Crippen LogP) is 0.668. The van der Waals surface area contributed by atoms with Gasteiger partial charge in [-0.1, -0.05) is 0 Å². The number of hydrogen-bond acceptors (Lipinski definition) is 6. The van der Waals surface area contributed by atoms with Crippen LogP contribution in [0.25, 0.3) is 0 Å². The number of imide groups is 1. The van der Waals surface area contributed by atoms with Crippen molar-refractivity contribution in [2.45, 2.75) is 38.8 Å². The molecule has 0 spiro atoms. The summed E-state index contributed by atoms with van der Waals surface area (Å²) in [7, 11) is 0. The van der Waals surface area contributed by atoms with Gasteiger partial charge in [-0.15, -0.1) is 0 Å². The summed E-state index contributed by atoms with van der Waals surface area (Å²) in [6.07, 6.45) is 0.709. The third-order valence-electron chi connectivity index (χ3n) is 2.80. The van der Waals surface area contributed by atoms with Crippen molar-refractivity contribution < 1.29 is 14.3 Å². The monoisotopic (exact) mass is 278 g/mol. The zero-order chi connectivity index (χ0) is 14.7. The standard InChI is InChI=1S/C13H18N4O3/c1-7(2)20-13-8(14)3-5-10(16-13)15-9-4-6-11(18)17-12(9)19/h3,5,7,9H,4,6,14H2,1-2H3,(H,15,16)(H,17,18,19). The number of rotatable bonds is 4. The third-order valence-corrected chi connectivity index (χ3v) is 2.80. The molecule has 0 bridgehead atoms. The molecule has 0 saturated carbocycles. The highest BCUT2D eigenvalue weighted by molar-refractivity contribution is 6.01. The summed E-state index contributed by atoms with van der Waals surface area (Å²) in [5.74, 6) is 0.231. The van der Waals surface area contributed by atoms with Crippen molar-refractivity contribution in [3.63, 3.8) is 0 Å². The van der Waals surface area contributed by atoms with E-state index in [1.807, 2.05) is 13.8 Å². The van der Waals surface area contributed by atoms with Crippen LogP contribution in [-0.4, -0.2) is 28.9 Å². The SMILES string of the molecule is CC(C)Oc1nc(NC2CCC(=O)NC2=O)ccc1N. The fourth-order valence-electron chi connectivity index (χ4n) is 1.86. The number of amides is 2. The van der Waals surface area contributed by atoms with E-state index in [9.17, 15) is 9.59 Å². The fraction of sp³-hybridized carbons (Fsp3) is 0.462. The second kappa shape index (κ2) is 5.77. The molecule has 1 aliphatic heterocycles. The van der Waals surface area contributed by atoms with Crippen molar-refractivity contribution in [3.8, 4) is 5.88 Å². The summed E-state index contributed by atoms with van der Waals surface area (Å²) in [5.41, 5.74) is 6.21. The Bertz CT molecular complexity index is 530. The van der Waals surface area contributed by atoms with Crippen molar-refractivity contribution in [1.29, 1.82) is 0 Å². The van der Waals surface area contributed by atoms with Crippen LogP contribution in [0.1, 0.15) is 26.7 Å². The lowest BCUT2D eigenvalue weighted by Crippen LogP contribution is -2.47. The van der Waals surface area contributed by atoms with Gasteiger partial charge in [0.25, 0.3) is 0 Å². The molecule has 1 aromatic heterocycles. The minimum Gasteiger partial charge on any atom is -0.473 e. The Morgan fingerprint density at radius 2 is 2.20 bits per heavy atom. The molecular weight excluding hydrogens is 260 g/mol. The quantitative estimate of drug-likeness (QED) is 0.699. The maximum Gasteiger partial charge on any atom is 0.249 e. The number of nitrogens with two attached hydrogens (primary N) is 1. The number of carbonyl (C=O) groups excluding carboxylic acids is 2. The fourth-order valence-corrected chi connectivity index (χ4v) is 1.86. The number of nitrogen functional groups attached to an aromatic ring is 1. The van der Waals surface area contributed by atoms with Crippen LogP contribution in [0.2, 0.25) is 0 Å². The number of pyridine rings is 1. The maximum atomic E-state index is 11.7. The van der Waals surface area contributed by atoms with Crippen molar-refractivity contribution >= 4 is 23.3 Å². The van der Waals surface area contributed by atoms with E-state index < -0.39 is 6.04 Å². The molecular formula is C13H18N4O3. The van der Waals surface area contributed by atoms with Gasteiger partial charge in [0.1, 0.15) is 11.9 Å². The van der Waals surface area contributed by atoms with Gasteiger partial charge in [-0.25, -0.2) is 0 Å². The van der Waals surface area contributed by atoms with Crippen LogP contribution in [0.5, 0.6) is 5.88 Å². The zero-order valence-electron chi connectivity index (χ0n) is 11.5. The van der Waals surface area contributed by atoms with Crippen molar-refractivity contribution in [3.05, 3.63) is 12.1 Å². The second-order valence-corrected chi connectivity index (χ2v) is 4.91. The van der Waals surface area contributed by atoms with Gasteiger partial charge in [-0.2, -0.15) is 4.98 Å². The Kier molecular flexibility index (Phi) is 4.07. The van der Waals surface area contributed by atoms with E-state index in [2.05, 4.69) is 15.6 Å². The van der Waals surface area contributed by atoms with Gasteiger partial charge in [-0.3, -0.25) is 14.9 Å². The predicted molar refractivity (Wildman–Crippen MR) is 74.2 cm³/mol. The molecule has 1 saturated heterocycles. The molecule has 1 aromatic rings. The molecule has 0 aromatic carbocycles. The van der Waals surface area contributed by atoms with Gasteiger partial charge in [0.2, 0.25) is 17.7 Å². The van der Waals surface area contributed by atoms with E-state index in [-0.39, 0.29) is 17.9 Å². The summed E-state index contributed by atoms with van der Waals surface area (Å²) < 4.78 is 5.49. The first-order valence-electron chi connectivity index (χ1n) is 6.49. The average molecular weight is 278 g/mol. The summed E-state index contributed by atoms with van der Waals surface area (Å²) in [6.45, 7) is 3.75. The van der Waals surface area contributed by atoms with E-state index in [0.29, 0.717) is 30.2 Å². The molecule has 2 amide bonds. The van der Waals surface area contributed by atoms with Crippen molar-refractivity contribution in [2.75, 3.05) is 11.1 Å². The normalized spacial score (nSPS) is 18.9. The first kappa shape index (κ1) is 14.1. The van der Waals surface area contributed by atoms with E-state index in [0.717, 1.165) is 0 Å². The molecule has 2 rings (SSSR count). The van der Waals surface area contributed by atoms with Gasteiger partial charge in [0.05, 0.1) is 11.8 Å². The average Bonchev–Trinajstić information content (AvgIpc) is 2.36. The Morgan fingerprint density at radius 1 is 1.45 bits per heavy atom. The maximum absolute atomic E-state index is 11.7. The summed E-state index contributed by atoms with van der Waals surface area (Å²) >= 11 is 0. The zero-order valence-corrected chi connectivity index (χ0v) is 11.5. The van der Waals surface area contributed by atoms with Gasteiger partial charge in [0, 0.05) is 6.42 Å². The number of nitrogens with zero attached hydrogens (tertiary/aromatic N) is 1. The molecule has 108 valence electrons. The molecule has 1 aliphatic rings. The van der Waals surface area contributed by atoms with E-state index in [1.54, 1.807) is 12.1 Å². The van der Waals surface area contributed by atoms with Crippen molar-refractivity contribution in [2.24, 2.45) is 0 Å². The lowest BCUT2D eigenvalue weighted by atomic mass is 10.1. The van der Waals surface area contributed by atoms with Crippen molar-refractivity contribution in [1.82, 2.24) is 10.3 Å². The molecule has 0 aliphatic carbocycles. The van der Waals surface area contributed by atoms with Gasteiger partial charge < -0.3 is 15.8 Å². The van der Waals surface area contributed by atoms with Crippen LogP contribution in [0.15, 0.2) is 12.1 Å². The Morgan fingerprint density at radius 3 is 2.85 bits per heavy atom. The summed E-state index contributed by atoms with van der Waals surface area (Å²) in [5, 5.41) is 5.26. The van der Waals surface area contributed by atoms with Crippen LogP contribution in [-0.2, 0) is 9.59 Å². The number of anilines is 2. The number of carbonyl (C=O) groups is 2. The Hall–Kier alpha value is -2.31. The first-order chi connectivity index (χ1) is 9.45.